The van der Waals surface area contributed by atoms with Gasteiger partial charge in [0, 0.05) is 12.6 Å². The van der Waals surface area contributed by atoms with Crippen molar-refractivity contribution in [3.05, 3.63) is 24.2 Å². The molecule has 1 aromatic heterocycles. The first kappa shape index (κ1) is 10.2. The highest BCUT2D eigenvalue weighted by atomic mass is 16.3. The maximum atomic E-state index is 11.4. The molecule has 82 valence electrons. The van der Waals surface area contributed by atoms with E-state index in [9.17, 15) is 4.79 Å². The van der Waals surface area contributed by atoms with E-state index in [2.05, 4.69) is 10.6 Å². The van der Waals surface area contributed by atoms with E-state index in [0.29, 0.717) is 12.1 Å². The molecule has 15 heavy (non-hydrogen) atoms. The monoisotopic (exact) mass is 208 g/mol. The molecule has 2 N–H and O–H groups in total. The van der Waals surface area contributed by atoms with Gasteiger partial charge in [-0.25, -0.2) is 0 Å². The summed E-state index contributed by atoms with van der Waals surface area (Å²) in [5.41, 5.74) is 0.588. The Morgan fingerprint density at radius 3 is 3.00 bits per heavy atom. The lowest BCUT2D eigenvalue weighted by Crippen LogP contribution is -2.27. The number of rotatable bonds is 6. The van der Waals surface area contributed by atoms with Gasteiger partial charge >= 0.3 is 0 Å². The quantitative estimate of drug-likeness (QED) is 0.689. The van der Waals surface area contributed by atoms with Gasteiger partial charge in [-0.15, -0.1) is 0 Å². The number of furan rings is 1. The van der Waals surface area contributed by atoms with Crippen LogP contribution in [0.15, 0.2) is 23.0 Å². The lowest BCUT2D eigenvalue weighted by molar-refractivity contribution is 0.0952. The van der Waals surface area contributed by atoms with Gasteiger partial charge in [-0.2, -0.15) is 0 Å². The number of hydrogen-bond acceptors (Lipinski definition) is 3. The van der Waals surface area contributed by atoms with Crippen molar-refractivity contribution in [2.24, 2.45) is 0 Å². The molecular formula is C11H16N2O2. The molecule has 4 nitrogen and oxygen atoms in total. The third-order valence-electron chi connectivity index (χ3n) is 2.43. The molecule has 1 aliphatic rings. The number of nitrogens with one attached hydrogen (secondary N) is 2. The van der Waals surface area contributed by atoms with Crippen LogP contribution in [0.2, 0.25) is 0 Å². The molecule has 0 radical (unpaired) electrons. The van der Waals surface area contributed by atoms with Gasteiger partial charge in [0.2, 0.25) is 0 Å². The van der Waals surface area contributed by atoms with Crippen LogP contribution >= 0.6 is 0 Å². The molecule has 1 aliphatic carbocycles. The summed E-state index contributed by atoms with van der Waals surface area (Å²) in [6.45, 7) is 1.69. The van der Waals surface area contributed by atoms with Gasteiger partial charge in [-0.1, -0.05) is 0 Å². The van der Waals surface area contributed by atoms with Gasteiger partial charge in [-0.05, 0) is 31.9 Å². The van der Waals surface area contributed by atoms with Crippen LogP contribution in [0.1, 0.15) is 29.6 Å². The van der Waals surface area contributed by atoms with Crippen LogP contribution in [0.4, 0.5) is 0 Å². The van der Waals surface area contributed by atoms with E-state index >= 15 is 0 Å². The van der Waals surface area contributed by atoms with E-state index in [0.717, 1.165) is 19.0 Å². The minimum atomic E-state index is -0.0600. The number of amides is 1. The second-order valence-corrected chi connectivity index (χ2v) is 3.85. The van der Waals surface area contributed by atoms with Crippen molar-refractivity contribution >= 4 is 5.91 Å². The molecule has 0 unspecified atom stereocenters. The first-order chi connectivity index (χ1) is 7.36. The molecule has 0 saturated heterocycles. The third-order valence-corrected chi connectivity index (χ3v) is 2.43. The van der Waals surface area contributed by atoms with E-state index in [1.807, 2.05) is 0 Å². The van der Waals surface area contributed by atoms with Crippen LogP contribution in [0.3, 0.4) is 0 Å². The molecule has 1 heterocycles. The van der Waals surface area contributed by atoms with Gasteiger partial charge in [0.1, 0.15) is 6.26 Å². The minimum absolute atomic E-state index is 0.0600. The van der Waals surface area contributed by atoms with E-state index < -0.39 is 0 Å². The van der Waals surface area contributed by atoms with Crippen molar-refractivity contribution in [2.75, 3.05) is 13.1 Å². The fourth-order valence-corrected chi connectivity index (χ4v) is 1.38. The lowest BCUT2D eigenvalue weighted by atomic mass is 10.3. The van der Waals surface area contributed by atoms with Gasteiger partial charge in [0.25, 0.3) is 5.91 Å². The van der Waals surface area contributed by atoms with Gasteiger partial charge in [0.15, 0.2) is 0 Å². The molecule has 4 heteroatoms. The molecule has 0 atom stereocenters. The van der Waals surface area contributed by atoms with Crippen LogP contribution in [-0.2, 0) is 0 Å². The SMILES string of the molecule is O=C(NCCCNC1CC1)c1ccoc1. The predicted octanol–water partition coefficient (Wildman–Crippen LogP) is 1.15. The molecular weight excluding hydrogens is 192 g/mol. The zero-order valence-corrected chi connectivity index (χ0v) is 8.66. The molecule has 0 spiro atoms. The zero-order chi connectivity index (χ0) is 10.5. The summed E-state index contributed by atoms with van der Waals surface area (Å²) in [5.74, 6) is -0.0600. The topological polar surface area (TPSA) is 54.3 Å². The summed E-state index contributed by atoms with van der Waals surface area (Å²) in [6.07, 6.45) is 6.55. The summed E-state index contributed by atoms with van der Waals surface area (Å²) in [5, 5.41) is 6.24. The van der Waals surface area contributed by atoms with Crippen LogP contribution in [-0.4, -0.2) is 25.0 Å². The van der Waals surface area contributed by atoms with Gasteiger partial charge in [0.05, 0.1) is 11.8 Å². The maximum Gasteiger partial charge on any atom is 0.254 e. The fraction of sp³-hybridized carbons (Fsp3) is 0.545. The Hall–Kier alpha value is -1.29. The molecule has 2 rings (SSSR count). The molecule has 0 aromatic carbocycles. The van der Waals surface area contributed by atoms with E-state index in [4.69, 9.17) is 4.42 Å². The lowest BCUT2D eigenvalue weighted by Gasteiger charge is -2.04. The van der Waals surface area contributed by atoms with Gasteiger partial charge < -0.3 is 15.1 Å². The Bertz CT molecular complexity index is 304. The van der Waals surface area contributed by atoms with E-state index in [-0.39, 0.29) is 5.91 Å². The molecule has 1 aromatic rings. The molecule has 0 aliphatic heterocycles. The Balaban J connectivity index is 1.55. The summed E-state index contributed by atoms with van der Waals surface area (Å²) < 4.78 is 4.83. The molecule has 1 amide bonds. The third kappa shape index (κ3) is 3.40. The highest BCUT2D eigenvalue weighted by Crippen LogP contribution is 2.18. The Morgan fingerprint density at radius 1 is 1.47 bits per heavy atom. The van der Waals surface area contributed by atoms with Crippen molar-refractivity contribution in [3.8, 4) is 0 Å². The molecule has 0 bridgehead atoms. The van der Waals surface area contributed by atoms with Crippen LogP contribution in [0, 0.1) is 0 Å². The maximum absolute atomic E-state index is 11.4. The second-order valence-electron chi connectivity index (χ2n) is 3.85. The van der Waals surface area contributed by atoms with Crippen LogP contribution in [0.25, 0.3) is 0 Å². The fourth-order valence-electron chi connectivity index (χ4n) is 1.38. The van der Waals surface area contributed by atoms with Crippen molar-refractivity contribution in [1.29, 1.82) is 0 Å². The second kappa shape index (κ2) is 4.98. The van der Waals surface area contributed by atoms with Crippen molar-refractivity contribution < 1.29 is 9.21 Å². The predicted molar refractivity (Wildman–Crippen MR) is 56.7 cm³/mol. The summed E-state index contributed by atoms with van der Waals surface area (Å²) in [4.78, 5) is 11.4. The number of carbonyl (C=O) groups excluding carboxylic acids is 1. The highest BCUT2D eigenvalue weighted by Gasteiger charge is 2.19. The van der Waals surface area contributed by atoms with Crippen molar-refractivity contribution in [3.63, 3.8) is 0 Å². The Morgan fingerprint density at radius 2 is 2.33 bits per heavy atom. The Kier molecular flexibility index (Phi) is 3.40. The standard InChI is InChI=1S/C11H16N2O2/c14-11(9-4-7-15-8-9)13-6-1-5-12-10-2-3-10/h4,7-8,10,12H,1-3,5-6H2,(H,13,14). The first-order valence-corrected chi connectivity index (χ1v) is 5.40. The molecule has 1 fully saturated rings. The summed E-state index contributed by atoms with van der Waals surface area (Å²) in [6, 6.07) is 2.41. The van der Waals surface area contributed by atoms with E-state index in [1.54, 1.807) is 6.07 Å². The Labute approximate surface area is 89.0 Å². The average molecular weight is 208 g/mol. The molecule has 1 saturated carbocycles. The van der Waals surface area contributed by atoms with Crippen molar-refractivity contribution in [2.45, 2.75) is 25.3 Å². The van der Waals surface area contributed by atoms with E-state index in [1.165, 1.54) is 25.4 Å². The van der Waals surface area contributed by atoms with Gasteiger partial charge in [-0.3, -0.25) is 4.79 Å². The number of carbonyl (C=O) groups is 1. The largest absolute Gasteiger partial charge is 0.472 e. The summed E-state index contributed by atoms with van der Waals surface area (Å²) >= 11 is 0. The zero-order valence-electron chi connectivity index (χ0n) is 8.66. The van der Waals surface area contributed by atoms with Crippen LogP contribution in [0.5, 0.6) is 0 Å². The van der Waals surface area contributed by atoms with Crippen LogP contribution < -0.4 is 10.6 Å². The first-order valence-electron chi connectivity index (χ1n) is 5.40. The van der Waals surface area contributed by atoms with Crippen molar-refractivity contribution in [1.82, 2.24) is 10.6 Å². The number of hydrogen-bond donors (Lipinski definition) is 2. The summed E-state index contributed by atoms with van der Waals surface area (Å²) in [7, 11) is 0. The minimum Gasteiger partial charge on any atom is -0.472 e. The smallest absolute Gasteiger partial charge is 0.254 e. The average Bonchev–Trinajstić information content (AvgIpc) is 2.90. The highest BCUT2D eigenvalue weighted by molar-refractivity contribution is 5.93. The normalized spacial score (nSPS) is 15.2.